The second-order valence-corrected chi connectivity index (χ2v) is 10.8. The average molecular weight is 453 g/mol. The first-order valence-corrected chi connectivity index (χ1v) is 12.6. The van der Waals surface area contributed by atoms with Crippen LogP contribution in [0.15, 0.2) is 53.4 Å². The molecule has 0 aliphatic carbocycles. The molecule has 0 fully saturated rings. The Bertz CT molecular complexity index is 1110. The van der Waals surface area contributed by atoms with E-state index in [0.717, 1.165) is 11.8 Å². The van der Waals surface area contributed by atoms with Crippen LogP contribution in [0.2, 0.25) is 0 Å². The smallest absolute Gasteiger partial charge is 0.240 e. The molecule has 0 aliphatic heterocycles. The molecule has 0 heterocycles. The zero-order chi connectivity index (χ0) is 22.4. The van der Waals surface area contributed by atoms with E-state index in [1.807, 2.05) is 0 Å². The molecule has 0 radical (unpaired) electrons. The van der Waals surface area contributed by atoms with Gasteiger partial charge < -0.3 is 5.32 Å². The number of carbonyl (C=O) groups excluding carboxylic acids is 2. The highest BCUT2D eigenvalue weighted by molar-refractivity contribution is 7.90. The number of Topliss-reactive ketones (excluding diaryl/α,β-unsaturated/α-hetero) is 1. The third-order valence-electron chi connectivity index (χ3n) is 4.16. The first kappa shape index (κ1) is 23.7. The highest BCUT2D eigenvalue weighted by atomic mass is 32.2. The van der Waals surface area contributed by atoms with Gasteiger partial charge in [-0.05, 0) is 30.2 Å². The number of nitrogens with one attached hydrogen (secondary N) is 2. The van der Waals surface area contributed by atoms with E-state index in [4.69, 9.17) is 0 Å². The quantitative estimate of drug-likeness (QED) is 0.525. The molecule has 0 aromatic heterocycles. The van der Waals surface area contributed by atoms with Gasteiger partial charge >= 0.3 is 0 Å². The minimum atomic E-state index is -3.78. The Balaban J connectivity index is 1.79. The highest BCUT2D eigenvalue weighted by Crippen LogP contribution is 2.11. The van der Waals surface area contributed by atoms with Gasteiger partial charge in [0.25, 0.3) is 0 Å². The minimum absolute atomic E-state index is 0.0158. The number of rotatable bonds is 10. The zero-order valence-corrected chi connectivity index (χ0v) is 18.3. The number of carbonyl (C=O) groups is 2. The Morgan fingerprint density at radius 2 is 1.43 bits per heavy atom. The fourth-order valence-corrected chi connectivity index (χ4v) is 4.43. The molecule has 0 unspecified atom stereocenters. The van der Waals surface area contributed by atoms with Gasteiger partial charge in [-0.25, -0.2) is 21.6 Å². The molecule has 2 rings (SSSR count). The van der Waals surface area contributed by atoms with Crippen molar-refractivity contribution < 1.29 is 26.4 Å². The van der Waals surface area contributed by atoms with Crippen molar-refractivity contribution >= 4 is 31.6 Å². The van der Waals surface area contributed by atoms with E-state index < -0.39 is 19.9 Å². The van der Waals surface area contributed by atoms with Crippen LogP contribution in [0.5, 0.6) is 0 Å². The Labute approximate surface area is 176 Å². The number of hydrogen-bond donors (Lipinski definition) is 2. The van der Waals surface area contributed by atoms with Crippen molar-refractivity contribution in [1.29, 1.82) is 0 Å². The number of sulfone groups is 1. The highest BCUT2D eigenvalue weighted by Gasteiger charge is 2.14. The minimum Gasteiger partial charge on any atom is -0.352 e. The summed E-state index contributed by atoms with van der Waals surface area (Å²) < 4.78 is 49.4. The van der Waals surface area contributed by atoms with Gasteiger partial charge in [0.2, 0.25) is 15.9 Å². The fourth-order valence-electron chi connectivity index (χ4n) is 2.60. The van der Waals surface area contributed by atoms with Crippen molar-refractivity contribution in [3.63, 3.8) is 0 Å². The van der Waals surface area contributed by atoms with Crippen molar-refractivity contribution in [2.45, 2.75) is 30.5 Å². The molecule has 162 valence electrons. The maximum absolute atomic E-state index is 12.2. The summed E-state index contributed by atoms with van der Waals surface area (Å²) in [5.41, 5.74) is 1.88. The van der Waals surface area contributed by atoms with Crippen molar-refractivity contribution in [3.8, 4) is 0 Å². The SMILES string of the molecule is CC(=O)c1ccc(S(=O)(=O)NCCC(=O)NCc2ccc(CS(C)(=O)=O)cc2)cc1. The number of sulfonamides is 1. The molecule has 30 heavy (non-hydrogen) atoms. The molecule has 1 amide bonds. The Kier molecular flexibility index (Phi) is 7.88. The zero-order valence-electron chi connectivity index (χ0n) is 16.7. The van der Waals surface area contributed by atoms with Crippen LogP contribution in [0, 0.1) is 0 Å². The Hall–Kier alpha value is -2.56. The lowest BCUT2D eigenvalue weighted by Crippen LogP contribution is -2.30. The number of hydrogen-bond acceptors (Lipinski definition) is 6. The van der Waals surface area contributed by atoms with E-state index in [0.29, 0.717) is 11.1 Å². The van der Waals surface area contributed by atoms with E-state index >= 15 is 0 Å². The third kappa shape index (κ3) is 7.69. The van der Waals surface area contributed by atoms with E-state index in [1.54, 1.807) is 24.3 Å². The molecule has 0 saturated carbocycles. The van der Waals surface area contributed by atoms with Crippen molar-refractivity contribution in [2.75, 3.05) is 12.8 Å². The summed E-state index contributed by atoms with van der Waals surface area (Å²) in [6.45, 7) is 1.57. The molecular formula is C20H24N2O6S2. The molecular weight excluding hydrogens is 428 g/mol. The maximum atomic E-state index is 12.2. The molecule has 0 atom stereocenters. The lowest BCUT2D eigenvalue weighted by Gasteiger charge is -2.09. The van der Waals surface area contributed by atoms with E-state index in [-0.39, 0.29) is 41.8 Å². The molecule has 2 aromatic carbocycles. The Morgan fingerprint density at radius 1 is 0.867 bits per heavy atom. The van der Waals surface area contributed by atoms with Gasteiger partial charge in [0.1, 0.15) is 0 Å². The summed E-state index contributed by atoms with van der Waals surface area (Å²) in [6.07, 6.45) is 1.12. The first-order chi connectivity index (χ1) is 14.0. The van der Waals surface area contributed by atoms with Gasteiger partial charge in [0.15, 0.2) is 15.6 Å². The molecule has 8 nitrogen and oxygen atoms in total. The standard InChI is InChI=1S/C20H24N2O6S2/c1-15(23)18-7-9-19(10-8-18)30(27,28)22-12-11-20(24)21-13-16-3-5-17(6-4-16)14-29(2,25)26/h3-10,22H,11-14H2,1-2H3,(H,21,24). The summed E-state index contributed by atoms with van der Waals surface area (Å²) in [4.78, 5) is 23.2. The van der Waals surface area contributed by atoms with Gasteiger partial charge in [-0.3, -0.25) is 9.59 Å². The topological polar surface area (TPSA) is 126 Å². The van der Waals surface area contributed by atoms with Crippen molar-refractivity contribution in [1.82, 2.24) is 10.0 Å². The molecule has 10 heteroatoms. The van der Waals surface area contributed by atoms with Gasteiger partial charge in [0, 0.05) is 31.3 Å². The van der Waals surface area contributed by atoms with Crippen LogP contribution in [0.4, 0.5) is 0 Å². The van der Waals surface area contributed by atoms with Crippen LogP contribution >= 0.6 is 0 Å². The number of benzene rings is 2. The monoisotopic (exact) mass is 452 g/mol. The average Bonchev–Trinajstić information content (AvgIpc) is 2.66. The predicted octanol–water partition coefficient (Wildman–Crippen LogP) is 1.42. The summed E-state index contributed by atoms with van der Waals surface area (Å²) in [5, 5.41) is 2.68. The van der Waals surface area contributed by atoms with Gasteiger partial charge in [-0.1, -0.05) is 36.4 Å². The number of amides is 1. The molecule has 0 aliphatic rings. The summed E-state index contributed by atoms with van der Waals surface area (Å²) in [5.74, 6) is -0.532. The largest absolute Gasteiger partial charge is 0.352 e. The summed E-state index contributed by atoms with van der Waals surface area (Å²) >= 11 is 0. The predicted molar refractivity (Wildman–Crippen MR) is 113 cm³/mol. The van der Waals surface area contributed by atoms with Gasteiger partial charge in [0.05, 0.1) is 10.6 Å². The normalized spacial score (nSPS) is 11.8. The van der Waals surface area contributed by atoms with Crippen molar-refractivity contribution in [3.05, 3.63) is 65.2 Å². The lowest BCUT2D eigenvalue weighted by molar-refractivity contribution is -0.121. The third-order valence-corrected chi connectivity index (χ3v) is 6.49. The number of ketones is 1. The molecule has 2 aromatic rings. The lowest BCUT2D eigenvalue weighted by atomic mass is 10.1. The molecule has 2 N–H and O–H groups in total. The molecule has 0 spiro atoms. The molecule has 0 bridgehead atoms. The van der Waals surface area contributed by atoms with E-state index in [9.17, 15) is 26.4 Å². The van der Waals surface area contributed by atoms with Crippen molar-refractivity contribution in [2.24, 2.45) is 0 Å². The van der Waals surface area contributed by atoms with Crippen LogP contribution in [0.3, 0.4) is 0 Å². The van der Waals surface area contributed by atoms with Crippen LogP contribution in [0.25, 0.3) is 0 Å². The summed E-state index contributed by atoms with van der Waals surface area (Å²) in [6, 6.07) is 12.4. The second kappa shape index (κ2) is 9.96. The van der Waals surface area contributed by atoms with Crippen LogP contribution in [0.1, 0.15) is 34.8 Å². The van der Waals surface area contributed by atoms with Gasteiger partial charge in [-0.2, -0.15) is 0 Å². The van der Waals surface area contributed by atoms with Crippen LogP contribution in [-0.2, 0) is 37.0 Å². The van der Waals surface area contributed by atoms with E-state index in [2.05, 4.69) is 10.0 Å². The first-order valence-electron chi connectivity index (χ1n) is 9.09. The summed E-state index contributed by atoms with van der Waals surface area (Å²) in [7, 11) is -6.88. The van der Waals surface area contributed by atoms with Crippen LogP contribution < -0.4 is 10.0 Å². The fraction of sp³-hybridized carbons (Fsp3) is 0.300. The Morgan fingerprint density at radius 3 is 1.97 bits per heavy atom. The van der Waals surface area contributed by atoms with Gasteiger partial charge in [-0.15, -0.1) is 0 Å². The maximum Gasteiger partial charge on any atom is 0.240 e. The van der Waals surface area contributed by atoms with Crippen LogP contribution in [-0.4, -0.2) is 41.3 Å². The van der Waals surface area contributed by atoms with E-state index in [1.165, 1.54) is 31.2 Å². The molecule has 0 saturated heterocycles. The second-order valence-electron chi connectivity index (χ2n) is 6.89.